The van der Waals surface area contributed by atoms with Gasteiger partial charge in [0.2, 0.25) is 11.7 Å². The van der Waals surface area contributed by atoms with Crippen LogP contribution in [0.5, 0.6) is 0 Å². The van der Waals surface area contributed by atoms with Crippen molar-refractivity contribution < 1.29 is 19.1 Å². The number of carbonyl (C=O) groups excluding carboxylic acids is 3. The van der Waals surface area contributed by atoms with Crippen molar-refractivity contribution in [3.8, 4) is 0 Å². The molecule has 0 fully saturated rings. The number of aryl methyl sites for hydroxylation is 2. The van der Waals surface area contributed by atoms with Crippen molar-refractivity contribution in [2.75, 3.05) is 13.2 Å². The number of carbonyl (C=O) groups is 3. The van der Waals surface area contributed by atoms with Gasteiger partial charge in [-0.1, -0.05) is 6.07 Å². The topological polar surface area (TPSA) is 72.5 Å². The lowest BCUT2D eigenvalue weighted by Crippen LogP contribution is -2.22. The van der Waals surface area contributed by atoms with Gasteiger partial charge < -0.3 is 10.1 Å². The van der Waals surface area contributed by atoms with Crippen molar-refractivity contribution in [1.29, 1.82) is 0 Å². The number of benzene rings is 1. The van der Waals surface area contributed by atoms with E-state index in [0.29, 0.717) is 23.4 Å². The molecule has 1 amide bonds. The van der Waals surface area contributed by atoms with Crippen LogP contribution < -0.4 is 5.32 Å². The molecule has 0 saturated carbocycles. The van der Waals surface area contributed by atoms with Crippen LogP contribution in [0.15, 0.2) is 30.3 Å². The molecule has 0 atom stereocenters. The second kappa shape index (κ2) is 8.95. The number of hydrogen-bond donors (Lipinski definition) is 1. The Balaban J connectivity index is 1.52. The van der Waals surface area contributed by atoms with Gasteiger partial charge in [0.05, 0.1) is 10.4 Å². The molecule has 1 aromatic carbocycles. The SMILES string of the molecule is CC(=O)NCCc1ccc(C(=O)COC(=O)c2ccc3c(c2)CCCC3)s1. The average Bonchev–Trinajstić information content (AvgIpc) is 3.14. The molecule has 1 aromatic heterocycles. The first-order valence-electron chi connectivity index (χ1n) is 9.18. The van der Waals surface area contributed by atoms with Crippen LogP contribution in [0.1, 0.15) is 55.8 Å². The second-order valence-electron chi connectivity index (χ2n) is 6.69. The first-order valence-corrected chi connectivity index (χ1v) is 10.00. The summed E-state index contributed by atoms with van der Waals surface area (Å²) in [6, 6.07) is 9.27. The molecular formula is C21H23NO4S. The Kier molecular flexibility index (Phi) is 6.40. The molecule has 1 N–H and O–H groups in total. The average molecular weight is 385 g/mol. The predicted molar refractivity (Wildman–Crippen MR) is 104 cm³/mol. The predicted octanol–water partition coefficient (Wildman–Crippen LogP) is 3.35. The number of hydrogen-bond acceptors (Lipinski definition) is 5. The molecule has 0 unspecified atom stereocenters. The number of rotatable bonds is 7. The van der Waals surface area contributed by atoms with Crippen molar-refractivity contribution in [2.24, 2.45) is 0 Å². The van der Waals surface area contributed by atoms with Gasteiger partial charge in [0.15, 0.2) is 6.61 Å². The van der Waals surface area contributed by atoms with Gasteiger partial charge in [-0.05, 0) is 67.5 Å². The molecular weight excluding hydrogens is 362 g/mol. The van der Waals surface area contributed by atoms with E-state index in [-0.39, 0.29) is 18.3 Å². The smallest absolute Gasteiger partial charge is 0.338 e. The zero-order valence-electron chi connectivity index (χ0n) is 15.4. The molecule has 1 aliphatic carbocycles. The number of ether oxygens (including phenoxy) is 1. The Morgan fingerprint density at radius 2 is 1.85 bits per heavy atom. The van der Waals surface area contributed by atoms with Gasteiger partial charge in [-0.25, -0.2) is 4.79 Å². The van der Waals surface area contributed by atoms with Gasteiger partial charge in [0.25, 0.3) is 0 Å². The Bertz CT molecular complexity index is 856. The third-order valence-electron chi connectivity index (χ3n) is 4.60. The monoisotopic (exact) mass is 385 g/mol. The third-order valence-corrected chi connectivity index (χ3v) is 5.79. The largest absolute Gasteiger partial charge is 0.454 e. The maximum absolute atomic E-state index is 12.3. The highest BCUT2D eigenvalue weighted by molar-refractivity contribution is 7.14. The van der Waals surface area contributed by atoms with Crippen LogP contribution in [0, 0.1) is 0 Å². The standard InChI is InChI=1S/C21H23NO4S/c1-14(23)22-11-10-18-8-9-20(27-18)19(24)13-26-21(25)17-7-6-15-4-2-3-5-16(15)12-17/h6-9,12H,2-5,10-11,13H2,1H3,(H,22,23). The highest BCUT2D eigenvalue weighted by Crippen LogP contribution is 2.23. The van der Waals surface area contributed by atoms with E-state index in [1.165, 1.54) is 35.8 Å². The van der Waals surface area contributed by atoms with Crippen molar-refractivity contribution in [3.63, 3.8) is 0 Å². The van der Waals surface area contributed by atoms with Crippen molar-refractivity contribution in [3.05, 3.63) is 56.8 Å². The molecule has 0 radical (unpaired) electrons. The third kappa shape index (κ3) is 5.26. The summed E-state index contributed by atoms with van der Waals surface area (Å²) in [6.45, 7) is 1.75. The van der Waals surface area contributed by atoms with Gasteiger partial charge in [-0.2, -0.15) is 0 Å². The van der Waals surface area contributed by atoms with E-state index in [1.54, 1.807) is 12.1 Å². The van der Waals surface area contributed by atoms with Crippen LogP contribution in [-0.2, 0) is 28.8 Å². The summed E-state index contributed by atoms with van der Waals surface area (Å²) in [5.41, 5.74) is 3.02. The van der Waals surface area contributed by atoms with E-state index in [4.69, 9.17) is 4.74 Å². The highest BCUT2D eigenvalue weighted by atomic mass is 32.1. The Morgan fingerprint density at radius 3 is 2.63 bits per heavy atom. The van der Waals surface area contributed by atoms with Gasteiger partial charge in [-0.15, -0.1) is 11.3 Å². The fraction of sp³-hybridized carbons (Fsp3) is 0.381. The molecule has 142 valence electrons. The minimum absolute atomic E-state index is 0.0723. The van der Waals surface area contributed by atoms with E-state index in [0.717, 1.165) is 24.1 Å². The Labute approximate surface area is 162 Å². The van der Waals surface area contributed by atoms with Crippen molar-refractivity contribution in [1.82, 2.24) is 5.32 Å². The lowest BCUT2D eigenvalue weighted by molar-refractivity contribution is -0.118. The summed E-state index contributed by atoms with van der Waals surface area (Å²) in [5.74, 6) is -0.742. The van der Waals surface area contributed by atoms with Crippen LogP contribution in [0.2, 0.25) is 0 Å². The Hall–Kier alpha value is -2.47. The first-order chi connectivity index (χ1) is 13.0. The number of esters is 1. The van der Waals surface area contributed by atoms with Crippen LogP contribution in [-0.4, -0.2) is 30.8 Å². The summed E-state index contributed by atoms with van der Waals surface area (Å²) in [4.78, 5) is 37.0. The number of nitrogens with one attached hydrogen (secondary N) is 1. The normalized spacial score (nSPS) is 12.9. The number of Topliss-reactive ketones (excluding diaryl/α,β-unsaturated/α-hetero) is 1. The maximum atomic E-state index is 12.3. The number of fused-ring (bicyclic) bond motifs is 1. The fourth-order valence-electron chi connectivity index (χ4n) is 3.17. The van der Waals surface area contributed by atoms with E-state index in [9.17, 15) is 14.4 Å². The number of ketones is 1. The second-order valence-corrected chi connectivity index (χ2v) is 7.86. The van der Waals surface area contributed by atoms with Crippen molar-refractivity contribution in [2.45, 2.75) is 39.0 Å². The lowest BCUT2D eigenvalue weighted by atomic mass is 9.90. The molecule has 6 heteroatoms. The summed E-state index contributed by atoms with van der Waals surface area (Å²) in [5, 5.41) is 2.73. The summed E-state index contributed by atoms with van der Waals surface area (Å²) in [6.07, 6.45) is 5.07. The molecule has 5 nitrogen and oxygen atoms in total. The maximum Gasteiger partial charge on any atom is 0.338 e. The van der Waals surface area contributed by atoms with Crippen LogP contribution in [0.3, 0.4) is 0 Å². The minimum atomic E-state index is -0.459. The van der Waals surface area contributed by atoms with Crippen LogP contribution in [0.4, 0.5) is 0 Å². The Morgan fingerprint density at radius 1 is 1.07 bits per heavy atom. The molecule has 0 spiro atoms. The number of thiophene rings is 1. The zero-order valence-corrected chi connectivity index (χ0v) is 16.2. The van der Waals surface area contributed by atoms with E-state index in [2.05, 4.69) is 5.32 Å². The molecule has 1 aliphatic rings. The van der Waals surface area contributed by atoms with Gasteiger partial charge >= 0.3 is 5.97 Å². The first kappa shape index (κ1) is 19.3. The van der Waals surface area contributed by atoms with Crippen molar-refractivity contribution >= 4 is 29.0 Å². The molecule has 3 rings (SSSR count). The highest BCUT2D eigenvalue weighted by Gasteiger charge is 2.16. The van der Waals surface area contributed by atoms with E-state index >= 15 is 0 Å². The van der Waals surface area contributed by atoms with Crippen LogP contribution >= 0.6 is 11.3 Å². The minimum Gasteiger partial charge on any atom is -0.454 e. The summed E-state index contributed by atoms with van der Waals surface area (Å²) in [7, 11) is 0. The molecule has 0 saturated heterocycles. The summed E-state index contributed by atoms with van der Waals surface area (Å²) >= 11 is 1.37. The molecule has 0 aliphatic heterocycles. The van der Waals surface area contributed by atoms with E-state index < -0.39 is 5.97 Å². The quantitative estimate of drug-likeness (QED) is 0.586. The van der Waals surface area contributed by atoms with E-state index in [1.807, 2.05) is 18.2 Å². The zero-order chi connectivity index (χ0) is 19.2. The lowest BCUT2D eigenvalue weighted by Gasteiger charge is -2.16. The molecule has 2 aromatic rings. The molecule has 27 heavy (non-hydrogen) atoms. The van der Waals surface area contributed by atoms with Gasteiger partial charge in [0, 0.05) is 18.3 Å². The fourth-order valence-corrected chi connectivity index (χ4v) is 4.10. The summed E-state index contributed by atoms with van der Waals surface area (Å²) < 4.78 is 5.22. The molecule has 0 bridgehead atoms. The molecule has 1 heterocycles. The number of amides is 1. The van der Waals surface area contributed by atoms with Gasteiger partial charge in [-0.3, -0.25) is 9.59 Å². The van der Waals surface area contributed by atoms with Gasteiger partial charge in [0.1, 0.15) is 0 Å². The van der Waals surface area contributed by atoms with Crippen LogP contribution in [0.25, 0.3) is 0 Å².